The van der Waals surface area contributed by atoms with Crippen LogP contribution in [0.1, 0.15) is 10.5 Å². The number of likely N-dealkylation sites (N-methyl/N-ethyl adjacent to an activating group) is 1. The number of carbonyl (C=O) groups is 1. The summed E-state index contributed by atoms with van der Waals surface area (Å²) >= 11 is 0. The van der Waals surface area contributed by atoms with Crippen LogP contribution in [-0.2, 0) is 17.1 Å². The minimum atomic E-state index is -3.66. The highest BCUT2D eigenvalue weighted by molar-refractivity contribution is 7.89. The molecule has 0 radical (unpaired) electrons. The fourth-order valence-electron chi connectivity index (χ4n) is 1.35. The maximum atomic E-state index is 12.0. The summed E-state index contributed by atoms with van der Waals surface area (Å²) in [6.07, 6.45) is 2.73. The van der Waals surface area contributed by atoms with E-state index in [1.54, 1.807) is 0 Å². The fourth-order valence-corrected chi connectivity index (χ4v) is 2.56. The van der Waals surface area contributed by atoms with Gasteiger partial charge in [-0.3, -0.25) is 0 Å². The Labute approximate surface area is 99.8 Å². The zero-order chi connectivity index (χ0) is 13.2. The Balaban J connectivity index is 3.21. The van der Waals surface area contributed by atoms with Crippen molar-refractivity contribution in [3.8, 4) is 0 Å². The molecular weight excluding hydrogens is 244 g/mol. The molecule has 0 aromatic carbocycles. The van der Waals surface area contributed by atoms with Crippen LogP contribution in [0.2, 0.25) is 0 Å². The summed E-state index contributed by atoms with van der Waals surface area (Å²) in [5, 5.41) is 8.84. The zero-order valence-corrected chi connectivity index (χ0v) is 10.4. The molecule has 94 valence electrons. The first-order valence-corrected chi connectivity index (χ1v) is 6.21. The van der Waals surface area contributed by atoms with Crippen molar-refractivity contribution >= 4 is 16.0 Å². The van der Waals surface area contributed by atoms with Gasteiger partial charge in [0.25, 0.3) is 0 Å². The van der Waals surface area contributed by atoms with Crippen molar-refractivity contribution in [2.75, 3.05) is 13.6 Å². The maximum Gasteiger partial charge on any atom is 0.352 e. The van der Waals surface area contributed by atoms with Crippen LogP contribution in [0.5, 0.6) is 0 Å². The van der Waals surface area contributed by atoms with Crippen molar-refractivity contribution in [3.63, 3.8) is 0 Å². The number of nitrogens with zero attached hydrogens (tertiary/aromatic N) is 2. The van der Waals surface area contributed by atoms with E-state index >= 15 is 0 Å². The highest BCUT2D eigenvalue weighted by Crippen LogP contribution is 2.17. The van der Waals surface area contributed by atoms with Gasteiger partial charge in [-0.05, 0) is 6.07 Å². The van der Waals surface area contributed by atoms with Crippen molar-refractivity contribution in [3.05, 3.63) is 30.6 Å². The first-order valence-electron chi connectivity index (χ1n) is 4.77. The largest absolute Gasteiger partial charge is 0.477 e. The van der Waals surface area contributed by atoms with Crippen molar-refractivity contribution in [1.29, 1.82) is 0 Å². The Morgan fingerprint density at radius 1 is 1.65 bits per heavy atom. The number of aromatic carboxylic acids is 1. The van der Waals surface area contributed by atoms with Gasteiger partial charge in [0.15, 0.2) is 0 Å². The van der Waals surface area contributed by atoms with Crippen LogP contribution in [-0.4, -0.2) is 42.0 Å². The molecule has 0 aliphatic rings. The lowest BCUT2D eigenvalue weighted by Crippen LogP contribution is -2.26. The van der Waals surface area contributed by atoms with Gasteiger partial charge in [-0.2, -0.15) is 4.31 Å². The molecule has 0 aliphatic heterocycles. The predicted octanol–water partition coefficient (Wildman–Crippen LogP) is 0.530. The van der Waals surface area contributed by atoms with Gasteiger partial charge >= 0.3 is 5.97 Å². The van der Waals surface area contributed by atoms with E-state index in [0.29, 0.717) is 0 Å². The molecular formula is C10H14N2O4S. The molecule has 6 nitrogen and oxygen atoms in total. The number of hydrogen-bond acceptors (Lipinski definition) is 3. The van der Waals surface area contributed by atoms with Crippen LogP contribution >= 0.6 is 0 Å². The molecule has 0 bridgehead atoms. The number of aryl methyl sites for hydroxylation is 1. The van der Waals surface area contributed by atoms with Gasteiger partial charge in [-0.1, -0.05) is 6.08 Å². The van der Waals surface area contributed by atoms with Crippen LogP contribution in [0, 0.1) is 0 Å². The van der Waals surface area contributed by atoms with Crippen molar-refractivity contribution in [2.45, 2.75) is 4.90 Å². The molecule has 1 N–H and O–H groups in total. The Bertz CT molecular complexity index is 545. The second kappa shape index (κ2) is 4.72. The van der Waals surface area contributed by atoms with E-state index in [1.807, 2.05) is 0 Å². The molecule has 17 heavy (non-hydrogen) atoms. The molecule has 0 saturated carbocycles. The smallest absolute Gasteiger partial charge is 0.352 e. The minimum Gasteiger partial charge on any atom is -0.477 e. The zero-order valence-electron chi connectivity index (χ0n) is 9.62. The molecule has 0 fully saturated rings. The predicted molar refractivity (Wildman–Crippen MR) is 62.4 cm³/mol. The number of carboxylic acid groups (broad SMARTS) is 1. The van der Waals surface area contributed by atoms with E-state index < -0.39 is 16.0 Å². The molecule has 1 rings (SSSR count). The van der Waals surface area contributed by atoms with E-state index in [-0.39, 0.29) is 17.1 Å². The van der Waals surface area contributed by atoms with E-state index in [9.17, 15) is 13.2 Å². The number of hydrogen-bond donors (Lipinski definition) is 1. The summed E-state index contributed by atoms with van der Waals surface area (Å²) in [6, 6.07) is 1.14. The summed E-state index contributed by atoms with van der Waals surface area (Å²) in [5.74, 6) is -1.17. The average Bonchev–Trinajstić information content (AvgIpc) is 2.61. The second-order valence-electron chi connectivity index (χ2n) is 3.55. The van der Waals surface area contributed by atoms with Gasteiger partial charge in [0, 0.05) is 26.8 Å². The summed E-state index contributed by atoms with van der Waals surface area (Å²) in [5.41, 5.74) is -0.0735. The molecule has 0 spiro atoms. The highest BCUT2D eigenvalue weighted by Gasteiger charge is 2.23. The van der Waals surface area contributed by atoms with Gasteiger partial charge in [0.1, 0.15) is 10.6 Å². The summed E-state index contributed by atoms with van der Waals surface area (Å²) in [6.45, 7) is 3.62. The standard InChI is InChI=1S/C10H14N2O4S/c1-4-5-12(3)17(15,16)8-6-9(10(13)14)11(2)7-8/h4,6-7H,1,5H2,2-3H3,(H,13,14). The van der Waals surface area contributed by atoms with Crippen molar-refractivity contribution in [1.82, 2.24) is 8.87 Å². The van der Waals surface area contributed by atoms with Gasteiger partial charge in [0.05, 0.1) is 0 Å². The molecule has 0 aliphatic carbocycles. The van der Waals surface area contributed by atoms with Crippen LogP contribution in [0.25, 0.3) is 0 Å². The Morgan fingerprint density at radius 2 is 2.24 bits per heavy atom. The quantitative estimate of drug-likeness (QED) is 0.781. The second-order valence-corrected chi connectivity index (χ2v) is 5.60. The SMILES string of the molecule is C=CCN(C)S(=O)(=O)c1cc(C(=O)O)n(C)c1. The Morgan fingerprint density at radius 3 is 2.65 bits per heavy atom. The van der Waals surface area contributed by atoms with E-state index in [4.69, 9.17) is 5.11 Å². The third-order valence-electron chi connectivity index (χ3n) is 2.29. The molecule has 0 unspecified atom stereocenters. The number of rotatable bonds is 5. The first kappa shape index (κ1) is 13.5. The molecule has 7 heteroatoms. The topological polar surface area (TPSA) is 79.6 Å². The molecule has 1 aromatic heterocycles. The lowest BCUT2D eigenvalue weighted by Gasteiger charge is -2.13. The lowest BCUT2D eigenvalue weighted by atomic mass is 10.4. The van der Waals surface area contributed by atoms with E-state index in [0.717, 1.165) is 10.4 Å². The summed E-state index contributed by atoms with van der Waals surface area (Å²) < 4.78 is 26.3. The number of carboxylic acids is 1. The third kappa shape index (κ3) is 2.56. The molecule has 0 atom stereocenters. The third-order valence-corrected chi connectivity index (χ3v) is 4.08. The minimum absolute atomic E-state index is 0.0400. The van der Waals surface area contributed by atoms with Crippen LogP contribution < -0.4 is 0 Å². The monoisotopic (exact) mass is 258 g/mol. The van der Waals surface area contributed by atoms with Gasteiger partial charge < -0.3 is 9.67 Å². The Kier molecular flexibility index (Phi) is 3.74. The maximum absolute atomic E-state index is 12.0. The van der Waals surface area contributed by atoms with Gasteiger partial charge in [-0.25, -0.2) is 13.2 Å². The van der Waals surface area contributed by atoms with Gasteiger partial charge in [-0.15, -0.1) is 6.58 Å². The Hall–Kier alpha value is -1.60. The van der Waals surface area contributed by atoms with Crippen LogP contribution in [0.4, 0.5) is 0 Å². The first-order chi connectivity index (χ1) is 7.80. The number of sulfonamides is 1. The molecule has 0 saturated heterocycles. The summed E-state index contributed by atoms with van der Waals surface area (Å²) in [7, 11) is -0.769. The normalized spacial score (nSPS) is 11.7. The lowest BCUT2D eigenvalue weighted by molar-refractivity contribution is 0.0686. The average molecular weight is 258 g/mol. The summed E-state index contributed by atoms with van der Waals surface area (Å²) in [4.78, 5) is 10.8. The van der Waals surface area contributed by atoms with Crippen LogP contribution in [0.3, 0.4) is 0 Å². The molecule has 0 amide bonds. The fraction of sp³-hybridized carbons (Fsp3) is 0.300. The van der Waals surface area contributed by atoms with Crippen molar-refractivity contribution < 1.29 is 18.3 Å². The van der Waals surface area contributed by atoms with E-state index in [2.05, 4.69) is 6.58 Å². The van der Waals surface area contributed by atoms with Gasteiger partial charge in [0.2, 0.25) is 10.0 Å². The van der Waals surface area contributed by atoms with Crippen LogP contribution in [0.15, 0.2) is 29.8 Å². The molecule has 1 heterocycles. The molecule has 1 aromatic rings. The number of aromatic nitrogens is 1. The highest BCUT2D eigenvalue weighted by atomic mass is 32.2. The van der Waals surface area contributed by atoms with Crippen molar-refractivity contribution in [2.24, 2.45) is 7.05 Å². The van der Waals surface area contributed by atoms with E-state index in [1.165, 1.54) is 30.9 Å².